The van der Waals surface area contributed by atoms with Gasteiger partial charge in [0.25, 0.3) is 0 Å². The average molecular weight is 152 g/mol. The van der Waals surface area contributed by atoms with Gasteiger partial charge in [-0.15, -0.1) is 0 Å². The van der Waals surface area contributed by atoms with Gasteiger partial charge in [0.1, 0.15) is 0 Å². The number of ether oxygens (including phenoxy) is 1. The maximum atomic E-state index is 10.9. The first-order chi connectivity index (χ1) is 5.34. The van der Waals surface area contributed by atoms with E-state index >= 15 is 0 Å². The largest absolute Gasteiger partial charge is 0.465 e. The van der Waals surface area contributed by atoms with Crippen LogP contribution in [0, 0.1) is 0 Å². The molecule has 0 unspecified atom stereocenters. The third-order valence-corrected chi connectivity index (χ3v) is 1.15. The number of carbonyl (C=O) groups excluding carboxylic acids is 1. The van der Waals surface area contributed by atoms with E-state index in [0.717, 1.165) is 0 Å². The van der Waals surface area contributed by atoms with Crippen LogP contribution in [-0.4, -0.2) is 19.3 Å². The average Bonchev–Trinajstić information content (AvgIpc) is 2.30. The second kappa shape index (κ2) is 3.55. The molecule has 0 spiro atoms. The van der Waals surface area contributed by atoms with E-state index in [4.69, 9.17) is 0 Å². The number of nitrogens with zero attached hydrogens (tertiary/aromatic N) is 1. The molecule has 0 bridgehead atoms. The third-order valence-electron chi connectivity index (χ3n) is 1.15. The number of allylic oxidation sites excluding steroid dienone is 2. The van der Waals surface area contributed by atoms with Gasteiger partial charge in [0, 0.05) is 6.20 Å². The normalized spacial score (nSPS) is 14.8. The Bertz CT molecular complexity index is 241. The lowest BCUT2D eigenvalue weighted by atomic mass is 10.3. The molecule has 11 heavy (non-hydrogen) atoms. The standard InChI is InChI=1S/C7H8N2O2/c1-11-7(10)6-3-2-4-8-9-5-6/h2-5,8H,1H3. The molecular weight excluding hydrogens is 144 g/mol. The summed E-state index contributed by atoms with van der Waals surface area (Å²) >= 11 is 0. The summed E-state index contributed by atoms with van der Waals surface area (Å²) in [5, 5.41) is 3.69. The smallest absolute Gasteiger partial charge is 0.339 e. The summed E-state index contributed by atoms with van der Waals surface area (Å²) in [6.07, 6.45) is 6.33. The summed E-state index contributed by atoms with van der Waals surface area (Å²) in [6, 6.07) is 0. The second-order valence-corrected chi connectivity index (χ2v) is 1.86. The molecule has 0 aliphatic carbocycles. The van der Waals surface area contributed by atoms with E-state index in [1.165, 1.54) is 13.3 Å². The first kappa shape index (κ1) is 7.53. The quantitative estimate of drug-likeness (QED) is 0.545. The van der Waals surface area contributed by atoms with Crippen molar-refractivity contribution >= 4 is 12.2 Å². The van der Waals surface area contributed by atoms with Gasteiger partial charge in [0.05, 0.1) is 18.9 Å². The number of esters is 1. The minimum Gasteiger partial charge on any atom is -0.465 e. The van der Waals surface area contributed by atoms with Crippen LogP contribution in [0.4, 0.5) is 0 Å². The lowest BCUT2D eigenvalue weighted by molar-refractivity contribution is -0.135. The Balaban J connectivity index is 2.77. The Morgan fingerprint density at radius 1 is 1.73 bits per heavy atom. The van der Waals surface area contributed by atoms with Crippen molar-refractivity contribution in [3.05, 3.63) is 23.9 Å². The molecule has 1 aliphatic heterocycles. The maximum Gasteiger partial charge on any atom is 0.339 e. The molecule has 0 aromatic carbocycles. The Morgan fingerprint density at radius 2 is 2.55 bits per heavy atom. The van der Waals surface area contributed by atoms with Crippen LogP contribution >= 0.6 is 0 Å². The van der Waals surface area contributed by atoms with Gasteiger partial charge >= 0.3 is 5.97 Å². The molecule has 1 N–H and O–H groups in total. The van der Waals surface area contributed by atoms with Crippen molar-refractivity contribution in [3.8, 4) is 0 Å². The Hall–Kier alpha value is -1.58. The minimum absolute atomic E-state index is 0.387. The van der Waals surface area contributed by atoms with E-state index in [9.17, 15) is 4.79 Å². The van der Waals surface area contributed by atoms with Gasteiger partial charge in [-0.05, 0) is 12.2 Å². The van der Waals surface area contributed by atoms with E-state index in [-0.39, 0.29) is 5.97 Å². The van der Waals surface area contributed by atoms with Crippen LogP contribution in [-0.2, 0) is 9.53 Å². The van der Waals surface area contributed by atoms with Crippen molar-refractivity contribution in [1.29, 1.82) is 0 Å². The molecule has 4 nitrogen and oxygen atoms in total. The van der Waals surface area contributed by atoms with E-state index in [1.54, 1.807) is 18.4 Å². The van der Waals surface area contributed by atoms with Crippen molar-refractivity contribution in [2.45, 2.75) is 0 Å². The van der Waals surface area contributed by atoms with Gasteiger partial charge in [-0.2, -0.15) is 5.10 Å². The lowest BCUT2D eigenvalue weighted by Crippen LogP contribution is -2.05. The van der Waals surface area contributed by atoms with Crippen LogP contribution in [0.2, 0.25) is 0 Å². The SMILES string of the molecule is COC(=O)C1=CC=CNN=C1. The van der Waals surface area contributed by atoms with Crippen LogP contribution in [0.15, 0.2) is 29.0 Å². The van der Waals surface area contributed by atoms with Gasteiger partial charge in [-0.3, -0.25) is 5.43 Å². The van der Waals surface area contributed by atoms with Crippen LogP contribution in [0.5, 0.6) is 0 Å². The molecule has 0 aromatic rings. The fourth-order valence-electron chi connectivity index (χ4n) is 0.626. The van der Waals surface area contributed by atoms with Crippen molar-refractivity contribution in [1.82, 2.24) is 5.43 Å². The second-order valence-electron chi connectivity index (χ2n) is 1.86. The number of hydrogen-bond acceptors (Lipinski definition) is 4. The summed E-state index contributed by atoms with van der Waals surface area (Å²) in [7, 11) is 1.33. The molecule has 0 amide bonds. The molecule has 0 atom stereocenters. The fourth-order valence-corrected chi connectivity index (χ4v) is 0.626. The monoisotopic (exact) mass is 152 g/mol. The molecule has 0 radical (unpaired) electrons. The number of hydrogen-bond donors (Lipinski definition) is 1. The van der Waals surface area contributed by atoms with Crippen LogP contribution in [0.25, 0.3) is 0 Å². The topological polar surface area (TPSA) is 50.7 Å². The summed E-state index contributed by atoms with van der Waals surface area (Å²) in [6.45, 7) is 0. The number of carbonyl (C=O) groups is 1. The van der Waals surface area contributed by atoms with E-state index < -0.39 is 0 Å². The zero-order chi connectivity index (χ0) is 8.10. The maximum absolute atomic E-state index is 10.9. The first-order valence-electron chi connectivity index (χ1n) is 3.08. The number of hydrazone groups is 1. The van der Waals surface area contributed by atoms with Gasteiger partial charge in [0.2, 0.25) is 0 Å². The number of rotatable bonds is 1. The van der Waals surface area contributed by atoms with Crippen LogP contribution < -0.4 is 5.43 Å². The van der Waals surface area contributed by atoms with Crippen molar-refractivity contribution in [3.63, 3.8) is 0 Å². The van der Waals surface area contributed by atoms with Gasteiger partial charge in [-0.1, -0.05) is 0 Å². The zero-order valence-electron chi connectivity index (χ0n) is 6.07. The fraction of sp³-hybridized carbons (Fsp3) is 0.143. The first-order valence-corrected chi connectivity index (χ1v) is 3.08. The summed E-state index contributed by atoms with van der Waals surface area (Å²) in [4.78, 5) is 10.9. The highest BCUT2D eigenvalue weighted by Gasteiger charge is 2.05. The Kier molecular flexibility index (Phi) is 2.43. The minimum atomic E-state index is -0.387. The lowest BCUT2D eigenvalue weighted by Gasteiger charge is -1.94. The van der Waals surface area contributed by atoms with E-state index in [0.29, 0.717) is 5.57 Å². The Morgan fingerprint density at radius 3 is 3.27 bits per heavy atom. The van der Waals surface area contributed by atoms with Crippen molar-refractivity contribution < 1.29 is 9.53 Å². The molecule has 1 heterocycles. The third kappa shape index (κ3) is 1.93. The molecule has 4 heteroatoms. The highest BCUT2D eigenvalue weighted by atomic mass is 16.5. The zero-order valence-corrected chi connectivity index (χ0v) is 6.07. The van der Waals surface area contributed by atoms with Gasteiger partial charge in [-0.25, -0.2) is 4.79 Å². The van der Waals surface area contributed by atoms with E-state index in [2.05, 4.69) is 15.3 Å². The van der Waals surface area contributed by atoms with Gasteiger partial charge < -0.3 is 4.74 Å². The summed E-state index contributed by atoms with van der Waals surface area (Å²) in [5.74, 6) is -0.387. The van der Waals surface area contributed by atoms with E-state index in [1.807, 2.05) is 0 Å². The molecule has 0 saturated carbocycles. The van der Waals surface area contributed by atoms with Gasteiger partial charge in [0.15, 0.2) is 0 Å². The van der Waals surface area contributed by atoms with Crippen molar-refractivity contribution in [2.24, 2.45) is 5.10 Å². The van der Waals surface area contributed by atoms with Crippen LogP contribution in [0.3, 0.4) is 0 Å². The molecule has 58 valence electrons. The molecule has 0 aromatic heterocycles. The molecule has 0 fully saturated rings. The van der Waals surface area contributed by atoms with Crippen molar-refractivity contribution in [2.75, 3.05) is 7.11 Å². The summed E-state index contributed by atoms with van der Waals surface area (Å²) in [5.41, 5.74) is 3.01. The van der Waals surface area contributed by atoms with Crippen LogP contribution in [0.1, 0.15) is 0 Å². The predicted octanol–water partition coefficient (Wildman–Crippen LogP) is 0.188. The predicted molar refractivity (Wildman–Crippen MR) is 40.9 cm³/mol. The molecular formula is C7H8N2O2. The molecule has 1 rings (SSSR count). The highest BCUT2D eigenvalue weighted by Crippen LogP contribution is 1.96. The Labute approximate surface area is 64.2 Å². The molecule has 0 saturated heterocycles. The number of nitrogens with one attached hydrogen (secondary N) is 1. The molecule has 1 aliphatic rings. The number of methoxy groups -OCH3 is 1. The summed E-state index contributed by atoms with van der Waals surface area (Å²) < 4.78 is 4.49. The highest BCUT2D eigenvalue weighted by molar-refractivity contribution is 6.09.